The molecule has 492 valence electrons. The Kier molecular flexibility index (Phi) is 20.8. The second-order valence-electron chi connectivity index (χ2n) is 27.8. The minimum absolute atomic E-state index is 0.152. The summed E-state index contributed by atoms with van der Waals surface area (Å²) in [6.45, 7) is 13.6. The summed E-state index contributed by atoms with van der Waals surface area (Å²) >= 11 is 0. The number of hydrogen-bond donors (Lipinski definition) is 17. The minimum Gasteiger partial charge on any atom is -0.394 e. The van der Waals surface area contributed by atoms with Gasteiger partial charge in [-0.05, 0) is 117 Å². The van der Waals surface area contributed by atoms with Crippen LogP contribution in [0.3, 0.4) is 0 Å². The monoisotopic (exact) mass is 1230 g/mol. The van der Waals surface area contributed by atoms with Gasteiger partial charge < -0.3 is 134 Å². The van der Waals surface area contributed by atoms with Crippen LogP contribution in [0.5, 0.6) is 0 Å². The van der Waals surface area contributed by atoms with E-state index in [-0.39, 0.29) is 25.0 Å². The summed E-state index contributed by atoms with van der Waals surface area (Å²) in [6, 6.07) is 0. The van der Waals surface area contributed by atoms with Gasteiger partial charge in [-0.15, -0.1) is 0 Å². The van der Waals surface area contributed by atoms with E-state index >= 15 is 0 Å². The topological polar surface area (TPSA) is 436 Å². The highest BCUT2D eigenvalue weighted by atomic mass is 16.8. The van der Waals surface area contributed by atoms with Crippen molar-refractivity contribution in [3.63, 3.8) is 0 Å². The highest BCUT2D eigenvalue weighted by molar-refractivity contribution is 5.22. The van der Waals surface area contributed by atoms with Crippen LogP contribution in [0.4, 0.5) is 0 Å². The number of aliphatic hydroxyl groups is 17. The van der Waals surface area contributed by atoms with Gasteiger partial charge in [0.15, 0.2) is 31.5 Å². The zero-order valence-electron chi connectivity index (χ0n) is 49.8. The molecule has 0 radical (unpaired) electrons. The van der Waals surface area contributed by atoms with Crippen LogP contribution in [0.15, 0.2) is 11.6 Å². The Morgan fingerprint density at radius 3 is 1.78 bits per heavy atom. The fraction of sp³-hybridized carbons (Fsp3) is 0.966. The Bertz CT molecular complexity index is 2250. The van der Waals surface area contributed by atoms with Crippen molar-refractivity contribution < 1.29 is 134 Å². The number of allylic oxidation sites excluding steroid dienone is 2. The molecule has 4 aliphatic carbocycles. The number of rotatable bonds is 17. The summed E-state index contributed by atoms with van der Waals surface area (Å²) in [5.74, 6) is -1.40. The Labute approximate surface area is 494 Å². The lowest BCUT2D eigenvalue weighted by Crippen LogP contribution is -2.70. The molecule has 27 nitrogen and oxygen atoms in total. The average molecular weight is 1230 g/mol. The predicted octanol–water partition coefficient (Wildman–Crippen LogP) is -4.13. The highest BCUT2D eigenvalue weighted by Gasteiger charge is 2.74. The van der Waals surface area contributed by atoms with Crippen molar-refractivity contribution in [2.75, 3.05) is 33.0 Å². The number of aliphatic hydroxyl groups excluding tert-OH is 17. The zero-order chi connectivity index (χ0) is 62.4. The Morgan fingerprint density at radius 1 is 0.553 bits per heavy atom. The van der Waals surface area contributed by atoms with Crippen molar-refractivity contribution in [3.05, 3.63) is 11.6 Å². The van der Waals surface area contributed by atoms with E-state index in [0.29, 0.717) is 51.4 Å². The van der Waals surface area contributed by atoms with Gasteiger partial charge in [0.25, 0.3) is 0 Å². The normalized spacial score (nSPS) is 53.4. The first-order valence-electron chi connectivity index (χ1n) is 30.3. The second kappa shape index (κ2) is 26.0. The molecule has 0 bridgehead atoms. The first-order chi connectivity index (χ1) is 39.8. The van der Waals surface area contributed by atoms with Gasteiger partial charge in [-0.2, -0.15) is 0 Å². The van der Waals surface area contributed by atoms with E-state index < -0.39 is 219 Å². The molecule has 9 fully saturated rings. The Hall–Kier alpha value is -1.34. The van der Waals surface area contributed by atoms with Crippen LogP contribution < -0.4 is 0 Å². The molecule has 27 heteroatoms. The van der Waals surface area contributed by atoms with Crippen LogP contribution in [0.25, 0.3) is 0 Å². The van der Waals surface area contributed by atoms with E-state index in [1.165, 1.54) is 0 Å². The van der Waals surface area contributed by atoms with Crippen molar-refractivity contribution in [1.29, 1.82) is 0 Å². The second-order valence-corrected chi connectivity index (χ2v) is 27.8. The number of hydrogen-bond acceptors (Lipinski definition) is 27. The molecule has 34 atom stereocenters. The van der Waals surface area contributed by atoms with Gasteiger partial charge in [0.1, 0.15) is 110 Å². The molecule has 9 aliphatic rings. The van der Waals surface area contributed by atoms with Gasteiger partial charge in [-0.3, -0.25) is 0 Å². The fourth-order valence-electron chi connectivity index (χ4n) is 17.3. The lowest BCUT2D eigenvalue weighted by Gasteiger charge is -2.71. The van der Waals surface area contributed by atoms with Crippen LogP contribution in [0, 0.1) is 45.3 Å². The molecule has 0 spiro atoms. The van der Waals surface area contributed by atoms with Gasteiger partial charge in [0.05, 0.1) is 56.9 Å². The maximum atomic E-state index is 12.9. The SMILES string of the molecule is CC(C)=CCC[C@](C)(O[C@@H]1O[C@H](CO[C@H]2OC[C@H](O[C@@H]3OC[C@@H](O)[C@H](O)[C@H]3O)[C@H](O)[C@H]2O)[C@@H](O)[C@H](O)[C@H]1O)[C@H]1CC[C@]2(C)[C@@H]1[C@H](O)C[C@@H]1[C@@]3(C)CC[C@H](O[C@@H]4O[C@H](CO)[C@@H](O)[C@H](O)[C@H]4O[C@@H]4O[C@H](CO)[C@@H](O)[C@H](O)[C@H]4O)C(C)(C)[C@@H]3[C@@H](O)C[C@]12C. The molecular weight excluding hydrogens is 1130 g/mol. The van der Waals surface area contributed by atoms with Crippen molar-refractivity contribution >= 4 is 0 Å². The average Bonchev–Trinajstić information content (AvgIpc) is 1.67. The summed E-state index contributed by atoms with van der Waals surface area (Å²) in [4.78, 5) is 0. The van der Waals surface area contributed by atoms with E-state index in [0.717, 1.165) is 5.57 Å². The van der Waals surface area contributed by atoms with Gasteiger partial charge in [0.2, 0.25) is 0 Å². The number of fused-ring (bicyclic) bond motifs is 5. The van der Waals surface area contributed by atoms with Crippen molar-refractivity contribution in [2.24, 2.45) is 45.3 Å². The largest absolute Gasteiger partial charge is 0.394 e. The predicted molar refractivity (Wildman–Crippen MR) is 288 cm³/mol. The van der Waals surface area contributed by atoms with E-state index in [9.17, 15) is 86.8 Å². The molecule has 0 unspecified atom stereocenters. The van der Waals surface area contributed by atoms with Crippen molar-refractivity contribution in [2.45, 2.75) is 272 Å². The van der Waals surface area contributed by atoms with E-state index in [1.54, 1.807) is 0 Å². The molecule has 5 aliphatic heterocycles. The highest BCUT2D eigenvalue weighted by Crippen LogP contribution is 2.76. The summed E-state index contributed by atoms with van der Waals surface area (Å²) < 4.78 is 60.0. The van der Waals surface area contributed by atoms with E-state index in [4.69, 9.17) is 47.4 Å². The first kappa shape index (κ1) is 68.0. The molecule has 17 N–H and O–H groups in total. The lowest BCUT2D eigenvalue weighted by atomic mass is 9.34. The minimum atomic E-state index is -1.86. The van der Waals surface area contributed by atoms with Gasteiger partial charge in [-0.25, -0.2) is 0 Å². The zero-order valence-corrected chi connectivity index (χ0v) is 49.8. The molecular formula is C58H98O27. The van der Waals surface area contributed by atoms with Gasteiger partial charge in [0, 0.05) is 0 Å². The molecule has 0 amide bonds. The van der Waals surface area contributed by atoms with E-state index in [1.807, 2.05) is 34.6 Å². The van der Waals surface area contributed by atoms with Gasteiger partial charge >= 0.3 is 0 Å². The smallest absolute Gasteiger partial charge is 0.187 e. The third kappa shape index (κ3) is 12.2. The Balaban J connectivity index is 0.908. The summed E-state index contributed by atoms with van der Waals surface area (Å²) in [5.41, 5.74) is -2.79. The molecule has 0 aromatic rings. The molecule has 0 aromatic carbocycles. The molecule has 0 aromatic heterocycles. The molecule has 5 heterocycles. The van der Waals surface area contributed by atoms with Crippen LogP contribution in [0.2, 0.25) is 0 Å². The molecule has 4 saturated carbocycles. The lowest BCUT2D eigenvalue weighted by molar-refractivity contribution is -0.380. The van der Waals surface area contributed by atoms with Crippen LogP contribution in [0.1, 0.15) is 107 Å². The molecule has 85 heavy (non-hydrogen) atoms. The standard InChI is InChI=1S/C58H98O27/c1-23(2)10-9-13-58(8,85-52-46(75)41(70)38(67)30(82-52)21-77-49-44(73)39(68)31(22-78-49)81-50-43(72)35(64)27(63)20-76-50)24-11-15-56(6)34(24)25(61)16-32-55(5)14-12-33(54(3,4)48(55)26(62)17-57(32,56)7)83-53-47(42(71)37(66)29(19-60)80-53)84-51-45(74)40(69)36(65)28(18-59)79-51/h10,24-53,59-75H,9,11-22H2,1-8H3/t24-,25+,26-,27+,28+,29+,30+,31-,32+,33-,34-,35-,36+,37+,38+,39-,40-,41-,42-,43+,44+,45+,46+,47+,48-,49-,50-,51-,52-,53-,55+,56+,57+,58-/m0/s1. The molecule has 5 saturated heterocycles. The quantitative estimate of drug-likeness (QED) is 0.0486. The third-order valence-electron chi connectivity index (χ3n) is 22.1. The summed E-state index contributed by atoms with van der Waals surface area (Å²) in [6.07, 6.45) is -33.7. The van der Waals surface area contributed by atoms with Crippen molar-refractivity contribution in [1.82, 2.24) is 0 Å². The molecule has 9 rings (SSSR count). The Morgan fingerprint density at radius 2 is 1.13 bits per heavy atom. The number of ether oxygens (including phenoxy) is 10. The summed E-state index contributed by atoms with van der Waals surface area (Å²) in [7, 11) is 0. The van der Waals surface area contributed by atoms with Crippen LogP contribution >= 0.6 is 0 Å². The maximum Gasteiger partial charge on any atom is 0.187 e. The van der Waals surface area contributed by atoms with Gasteiger partial charge in [-0.1, -0.05) is 46.3 Å². The van der Waals surface area contributed by atoms with Crippen LogP contribution in [-0.2, 0) is 47.4 Å². The first-order valence-corrected chi connectivity index (χ1v) is 30.3. The van der Waals surface area contributed by atoms with E-state index in [2.05, 4.69) is 26.8 Å². The third-order valence-corrected chi connectivity index (χ3v) is 22.1. The van der Waals surface area contributed by atoms with Crippen LogP contribution in [-0.4, -0.2) is 285 Å². The summed E-state index contributed by atoms with van der Waals surface area (Å²) in [5, 5.41) is 187. The maximum absolute atomic E-state index is 12.9. The fourth-order valence-corrected chi connectivity index (χ4v) is 17.3. The van der Waals surface area contributed by atoms with Crippen molar-refractivity contribution in [3.8, 4) is 0 Å².